The molecule has 15 atom stereocenters. The third-order valence-electron chi connectivity index (χ3n) is 20.8. The van der Waals surface area contributed by atoms with Crippen LogP contribution in [0.25, 0.3) is 0 Å². The number of amides is 16. The summed E-state index contributed by atoms with van der Waals surface area (Å²) in [5.41, 5.74) is 47.1. The maximum atomic E-state index is 14.8. The van der Waals surface area contributed by atoms with Crippen molar-refractivity contribution in [2.24, 2.45) is 87.3 Å². The predicted octanol–water partition coefficient (Wildman–Crippen LogP) is -1.71. The van der Waals surface area contributed by atoms with Crippen LogP contribution >= 0.6 is 0 Å². The Labute approximate surface area is 758 Å². The second kappa shape index (κ2) is 66.1. The van der Waals surface area contributed by atoms with Gasteiger partial charge in [-0.15, -0.1) is 0 Å². The van der Waals surface area contributed by atoms with E-state index in [1.807, 2.05) is 27.7 Å². The molecule has 0 saturated carbocycles. The second-order valence-corrected chi connectivity index (χ2v) is 36.5. The molecule has 0 aliphatic heterocycles. The van der Waals surface area contributed by atoms with Crippen molar-refractivity contribution in [2.75, 3.05) is 45.8 Å². The zero-order valence-corrected chi connectivity index (χ0v) is 79.0. The molecule has 0 aromatic rings. The molecule has 41 heteroatoms. The highest BCUT2D eigenvalue weighted by atomic mass is 16.4. The number of unbranched alkanes of at least 4 members (excludes halogenated alkanes) is 6. The van der Waals surface area contributed by atoms with Gasteiger partial charge in [-0.05, 0) is 248 Å². The van der Waals surface area contributed by atoms with Crippen LogP contribution in [0.2, 0.25) is 0 Å². The average Bonchev–Trinajstić information content (AvgIpc) is 0.852. The van der Waals surface area contributed by atoms with Crippen molar-refractivity contribution < 1.29 is 86.6 Å². The van der Waals surface area contributed by atoms with Gasteiger partial charge in [0.1, 0.15) is 91.1 Å². The van der Waals surface area contributed by atoms with Crippen molar-refractivity contribution in [3.05, 3.63) is 0 Å². The van der Waals surface area contributed by atoms with Crippen LogP contribution in [-0.2, 0) is 81.5 Å². The summed E-state index contributed by atoms with van der Waals surface area (Å²) in [6, 6.07) is -19.7. The van der Waals surface area contributed by atoms with E-state index in [1.54, 1.807) is 69.2 Å². The van der Waals surface area contributed by atoms with Gasteiger partial charge in [-0.1, -0.05) is 96.9 Å². The van der Waals surface area contributed by atoms with E-state index in [0.29, 0.717) is 70.8 Å². The predicted molar refractivity (Wildman–Crippen MR) is 489 cm³/mol. The molecule has 0 heterocycles. The normalized spacial score (nSPS) is 15.0. The van der Waals surface area contributed by atoms with Crippen molar-refractivity contribution in [3.63, 3.8) is 0 Å². The first-order valence-corrected chi connectivity index (χ1v) is 46.2. The number of hydrogen-bond acceptors (Lipinski definition) is 24. The Morgan fingerprint density at radius 2 is 0.398 bits per heavy atom. The molecule has 41 nitrogen and oxygen atoms in total. The molecule has 0 aromatic carbocycles. The van der Waals surface area contributed by atoms with Gasteiger partial charge in [0.25, 0.3) is 0 Å². The van der Waals surface area contributed by atoms with Crippen LogP contribution in [0.4, 0.5) is 0 Å². The molecule has 32 N–H and O–H groups in total. The van der Waals surface area contributed by atoms with E-state index in [2.05, 4.69) is 79.8 Å². The molecule has 0 radical (unpaired) electrons. The van der Waals surface area contributed by atoms with Gasteiger partial charge in [0.15, 0.2) is 0 Å². The van der Waals surface area contributed by atoms with Gasteiger partial charge in [-0.3, -0.25) is 81.5 Å². The Balaban J connectivity index is 7.43. The van der Waals surface area contributed by atoms with E-state index >= 15 is 0 Å². The van der Waals surface area contributed by atoms with Crippen LogP contribution in [0, 0.1) is 41.4 Å². The highest BCUT2D eigenvalue weighted by Crippen LogP contribution is 2.19. The van der Waals surface area contributed by atoms with E-state index in [9.17, 15) is 81.5 Å². The van der Waals surface area contributed by atoms with Crippen molar-refractivity contribution >= 4 is 100 Å². The maximum Gasteiger partial charge on any atom is 0.322 e. The van der Waals surface area contributed by atoms with E-state index in [-0.39, 0.29) is 170 Å². The van der Waals surface area contributed by atoms with Crippen molar-refractivity contribution in [3.8, 4) is 0 Å². The number of carboxylic acid groups (broad SMARTS) is 1. The molecule has 0 saturated heterocycles. The highest BCUT2D eigenvalue weighted by molar-refractivity contribution is 6.01. The number of primary amides is 1. The zero-order chi connectivity index (χ0) is 97.5. The molecule has 0 bridgehead atoms. The monoisotopic (exact) mass is 1820 g/mol. The Kier molecular flexibility index (Phi) is 61.3. The van der Waals surface area contributed by atoms with E-state index in [1.165, 1.54) is 6.92 Å². The first-order valence-electron chi connectivity index (χ1n) is 46.2. The molecule has 16 amide bonds. The fraction of sp³-hybridized carbons (Fsp3) is 0.805. The largest absolute Gasteiger partial charge is 0.480 e. The first kappa shape index (κ1) is 119. The van der Waals surface area contributed by atoms with Gasteiger partial charge < -0.3 is 131 Å². The van der Waals surface area contributed by atoms with Crippen LogP contribution in [0.3, 0.4) is 0 Å². The standard InChI is InChI=1S/C87H165N23O18/c1-49(2)40-57(94)74(115)98-58(28-16-22-34-88)75(116)99-60(30-18-24-36-90)77(118)105-67(44-53(9)10)84(125)109-66(43-52(7)8)83(124)102-63(33-21-27-39-93)80(121)107-69(46-55(13)14)86(127)110-70(47-71(95)111)87(128)103-59(29-17-23-35-89)76(117)100-61(31-19-25-37-91)78(119)106-68(45-54(11)12)85(126)108-65(42-51(5)6)82(123)101-62(32-20-26-38-92)79(120)104-64(41-50(3)4)81(122)97-56(15)73(114)96-48-72(112)113/h49-70H,16-48,88-94H2,1-15H3,(H2,95,111)(H,96,114)(H,97,122)(H,98,115)(H,99,116)(H,100,117)(H,101,123)(H,102,124)(H,103,128)(H,104,120)(H,105,118)(H,106,119)(H,107,121)(H,108,126)(H,109,125)(H,110,127)(H,112,113)/t56-,57-,58-,59-,60-,61-,62-,63-,64-,65-,66-,67-,68-,69-,70-/m0/s1. The molecule has 0 spiro atoms. The van der Waals surface area contributed by atoms with Crippen LogP contribution in [0.15, 0.2) is 0 Å². The van der Waals surface area contributed by atoms with Gasteiger partial charge in [0, 0.05) is 0 Å². The van der Waals surface area contributed by atoms with Crippen LogP contribution in [0.5, 0.6) is 0 Å². The van der Waals surface area contributed by atoms with Crippen LogP contribution < -0.4 is 126 Å². The first-order chi connectivity index (χ1) is 60.2. The summed E-state index contributed by atoms with van der Waals surface area (Å²) in [5.74, 6) is -15.8. The summed E-state index contributed by atoms with van der Waals surface area (Å²) in [4.78, 5) is 239. The molecule has 0 aromatic heterocycles. The lowest BCUT2D eigenvalue weighted by Gasteiger charge is -2.29. The lowest BCUT2D eigenvalue weighted by Crippen LogP contribution is -2.61. The van der Waals surface area contributed by atoms with Gasteiger partial charge in [-0.2, -0.15) is 0 Å². The number of nitrogens with one attached hydrogen (secondary N) is 15. The van der Waals surface area contributed by atoms with E-state index < -0.39 is 204 Å². The topological polar surface area (TPSA) is 699 Å². The molecular weight excluding hydrogens is 1660 g/mol. The van der Waals surface area contributed by atoms with Crippen LogP contribution in [-0.4, -0.2) is 242 Å². The fourth-order valence-corrected chi connectivity index (χ4v) is 14.1. The molecule has 0 aliphatic rings. The minimum Gasteiger partial charge on any atom is -0.480 e. The Morgan fingerprint density at radius 3 is 0.586 bits per heavy atom. The lowest BCUT2D eigenvalue weighted by molar-refractivity contribution is -0.138. The summed E-state index contributed by atoms with van der Waals surface area (Å²) in [6.07, 6.45) is 4.48. The quantitative estimate of drug-likeness (QED) is 0.0302. The Bertz CT molecular complexity index is 3420. The maximum absolute atomic E-state index is 14.8. The number of carbonyl (C=O) groups excluding carboxylic acids is 16. The molecule has 0 fully saturated rings. The summed E-state index contributed by atoms with van der Waals surface area (Å²) >= 11 is 0. The van der Waals surface area contributed by atoms with Gasteiger partial charge in [0.2, 0.25) is 94.5 Å². The van der Waals surface area contributed by atoms with Crippen molar-refractivity contribution in [1.29, 1.82) is 0 Å². The number of nitrogens with two attached hydrogens (primary N) is 8. The average molecular weight is 1820 g/mol. The van der Waals surface area contributed by atoms with Gasteiger partial charge in [0.05, 0.1) is 12.5 Å². The molecule has 128 heavy (non-hydrogen) atoms. The highest BCUT2D eigenvalue weighted by Gasteiger charge is 2.40. The van der Waals surface area contributed by atoms with E-state index in [0.717, 1.165) is 0 Å². The summed E-state index contributed by atoms with van der Waals surface area (Å²) < 4.78 is 0. The van der Waals surface area contributed by atoms with Crippen molar-refractivity contribution in [2.45, 2.75) is 361 Å². The van der Waals surface area contributed by atoms with Crippen LogP contribution in [0.1, 0.15) is 271 Å². The minimum atomic E-state index is -1.80. The van der Waals surface area contributed by atoms with Crippen molar-refractivity contribution in [1.82, 2.24) is 79.8 Å². The molecule has 0 rings (SSSR count). The lowest BCUT2D eigenvalue weighted by atomic mass is 9.98. The smallest absolute Gasteiger partial charge is 0.322 e. The molecule has 0 unspecified atom stereocenters. The Morgan fingerprint density at radius 1 is 0.227 bits per heavy atom. The van der Waals surface area contributed by atoms with E-state index in [4.69, 9.17) is 51.0 Å². The Hall–Kier alpha value is -9.29. The van der Waals surface area contributed by atoms with Gasteiger partial charge in [-0.25, -0.2) is 0 Å². The number of hydrogen-bond donors (Lipinski definition) is 24. The molecule has 736 valence electrons. The number of carbonyl (C=O) groups is 17. The summed E-state index contributed by atoms with van der Waals surface area (Å²) in [7, 11) is 0. The zero-order valence-electron chi connectivity index (χ0n) is 79.0. The minimum absolute atomic E-state index is 0.00719. The number of carboxylic acids is 1. The third-order valence-corrected chi connectivity index (χ3v) is 20.8. The number of aliphatic carboxylic acids is 1. The SMILES string of the molecule is CC(C)C[C@H](NC(=O)[C@H](CCCCN)NC(=O)[C@H](CC(C)C)NC(=O)[C@H](CC(C)C)NC(=O)[C@H](CCCCN)NC(=O)[C@H](CCCCN)NC(=O)[C@H](CC(N)=O)NC(=O)[C@H](CC(C)C)NC(=O)[C@H](CCCCN)NC(=O)[C@H](CC(C)C)NC(=O)[C@H](CC(C)C)NC(=O)[C@H](CCCCN)NC(=O)[C@H](CCCCN)NC(=O)[C@@H](N)CC(C)C)C(=O)N[C@@H](C)C(=O)NCC(=O)O. The second-order valence-electron chi connectivity index (χ2n) is 36.5. The number of rotatable bonds is 71. The third kappa shape index (κ3) is 51.8. The molecule has 0 aliphatic carbocycles. The summed E-state index contributed by atoms with van der Waals surface area (Å²) in [5, 5.41) is 49.3. The fourth-order valence-electron chi connectivity index (χ4n) is 14.1. The summed E-state index contributed by atoms with van der Waals surface area (Å²) in [6.45, 7) is 27.4. The molecular formula is C87H165N23O18. The van der Waals surface area contributed by atoms with Gasteiger partial charge >= 0.3 is 5.97 Å².